The van der Waals surface area contributed by atoms with Gasteiger partial charge in [-0.15, -0.1) is 5.10 Å². The highest BCUT2D eigenvalue weighted by Crippen LogP contribution is 2.49. The minimum atomic E-state index is -0.638. The van der Waals surface area contributed by atoms with Gasteiger partial charge in [0, 0.05) is 12.2 Å². The van der Waals surface area contributed by atoms with Gasteiger partial charge in [0.1, 0.15) is 11.6 Å². The summed E-state index contributed by atoms with van der Waals surface area (Å²) in [5, 5.41) is 34.8. The van der Waals surface area contributed by atoms with E-state index < -0.39 is 5.92 Å². The van der Waals surface area contributed by atoms with Gasteiger partial charge in [-0.2, -0.15) is 5.26 Å². The third kappa shape index (κ3) is 4.67. The fourth-order valence-corrected chi connectivity index (χ4v) is 3.90. The van der Waals surface area contributed by atoms with Crippen LogP contribution in [0.5, 0.6) is 34.6 Å². The molecule has 1 aliphatic rings. The second kappa shape index (κ2) is 11.2. The molecule has 0 aliphatic carbocycles. The molecule has 0 fully saturated rings. The Morgan fingerprint density at radius 1 is 1.06 bits per heavy atom. The molecule has 1 atom stereocenters. The maximum atomic E-state index is 10.1. The molecule has 190 valence electrons. The van der Waals surface area contributed by atoms with Crippen LogP contribution in [0.2, 0.25) is 0 Å². The molecule has 0 bridgehead atoms. The van der Waals surface area contributed by atoms with Crippen molar-refractivity contribution < 1.29 is 33.9 Å². The first-order valence-corrected chi connectivity index (χ1v) is 10.8. The number of fused-ring (bicyclic) bond motifs is 1. The first kappa shape index (κ1) is 26.1. The van der Waals surface area contributed by atoms with Crippen molar-refractivity contribution in [2.24, 2.45) is 5.73 Å². The molecule has 1 unspecified atom stereocenters. The van der Waals surface area contributed by atoms with Crippen LogP contribution in [0.15, 0.2) is 41.8 Å². The molecule has 2 heterocycles. The molecule has 4 rings (SSSR count). The molecular weight excluding hydrogens is 468 g/mol. The van der Waals surface area contributed by atoms with Crippen LogP contribution in [0.25, 0.3) is 11.3 Å². The van der Waals surface area contributed by atoms with Crippen molar-refractivity contribution in [2.75, 3.05) is 35.0 Å². The standard InChI is InChI=1S/C23H22N4O6.C2H6O/c1-29-15-7-11(5-6-14(15)28)18-13(10-24)22(25)33-23-19(18)20(26-27-23)12-8-16(30-2)21(32-4)17(9-12)31-3;1-2-3/h5-9,18,28H,25H2,1-4H3,(H,26,27);3H,2H2,1H3. The predicted molar refractivity (Wildman–Crippen MR) is 130 cm³/mol. The first-order valence-electron chi connectivity index (χ1n) is 10.8. The molecule has 36 heavy (non-hydrogen) atoms. The average Bonchev–Trinajstić information content (AvgIpc) is 3.31. The number of nitrogens with one attached hydrogen (secondary N) is 1. The second-order valence-corrected chi connectivity index (χ2v) is 7.40. The monoisotopic (exact) mass is 496 g/mol. The average molecular weight is 497 g/mol. The van der Waals surface area contributed by atoms with E-state index in [1.807, 2.05) is 0 Å². The Balaban J connectivity index is 0.00000115. The number of nitrogens with zero attached hydrogens (tertiary/aromatic N) is 2. The summed E-state index contributed by atoms with van der Waals surface area (Å²) in [6.07, 6.45) is 0. The summed E-state index contributed by atoms with van der Waals surface area (Å²) in [5.41, 5.74) is 8.73. The van der Waals surface area contributed by atoms with Crippen LogP contribution in [0.3, 0.4) is 0 Å². The van der Waals surface area contributed by atoms with Crippen molar-refractivity contribution in [3.63, 3.8) is 0 Å². The molecule has 0 radical (unpaired) electrons. The van der Waals surface area contributed by atoms with E-state index in [9.17, 15) is 10.4 Å². The normalized spacial score (nSPS) is 14.0. The Bertz CT molecular complexity index is 1290. The zero-order chi connectivity index (χ0) is 26.4. The van der Waals surface area contributed by atoms with Crippen molar-refractivity contribution in [2.45, 2.75) is 12.8 Å². The van der Waals surface area contributed by atoms with Gasteiger partial charge in [0.2, 0.25) is 17.5 Å². The summed E-state index contributed by atoms with van der Waals surface area (Å²) >= 11 is 0. The molecule has 1 aliphatic heterocycles. The zero-order valence-corrected chi connectivity index (χ0v) is 20.6. The van der Waals surface area contributed by atoms with Crippen molar-refractivity contribution in [3.05, 3.63) is 52.9 Å². The Morgan fingerprint density at radius 2 is 1.67 bits per heavy atom. The number of phenolic OH excluding ortho intramolecular Hbond substituents is 1. The molecule has 0 saturated carbocycles. The first-order chi connectivity index (χ1) is 17.4. The van der Waals surface area contributed by atoms with Crippen LogP contribution in [0.4, 0.5) is 0 Å². The molecule has 0 amide bonds. The summed E-state index contributed by atoms with van der Waals surface area (Å²) in [4.78, 5) is 0. The minimum absolute atomic E-state index is 0.0268. The molecule has 11 nitrogen and oxygen atoms in total. The largest absolute Gasteiger partial charge is 0.504 e. The number of ether oxygens (including phenoxy) is 5. The number of hydrogen-bond donors (Lipinski definition) is 4. The zero-order valence-electron chi connectivity index (χ0n) is 20.6. The van der Waals surface area contributed by atoms with E-state index in [1.165, 1.54) is 34.5 Å². The Kier molecular flexibility index (Phi) is 8.14. The number of allylic oxidation sites excluding steroid dienone is 1. The number of H-pyrrole nitrogens is 1. The maximum absolute atomic E-state index is 10.1. The number of rotatable bonds is 6. The van der Waals surface area contributed by atoms with Gasteiger partial charge >= 0.3 is 0 Å². The Morgan fingerprint density at radius 3 is 2.19 bits per heavy atom. The molecule has 11 heteroatoms. The SMILES string of the molecule is CCO.COc1cc(C2C(C#N)=C(N)Oc3n[nH]c(-c4cc(OC)c(OC)c(OC)c4)c32)ccc1O. The van der Waals surface area contributed by atoms with Crippen LogP contribution in [-0.2, 0) is 0 Å². The number of phenols is 1. The summed E-state index contributed by atoms with van der Waals surface area (Å²) in [6, 6.07) is 10.5. The number of nitriles is 1. The van der Waals surface area contributed by atoms with E-state index in [1.54, 1.807) is 31.2 Å². The van der Waals surface area contributed by atoms with Crippen LogP contribution in [0.1, 0.15) is 24.0 Å². The maximum Gasteiger partial charge on any atom is 0.244 e. The van der Waals surface area contributed by atoms with Crippen LogP contribution >= 0.6 is 0 Å². The number of aliphatic hydroxyl groups excluding tert-OH is 1. The summed E-state index contributed by atoms with van der Waals surface area (Å²) in [6.45, 7) is 1.93. The predicted octanol–water partition coefficient (Wildman–Crippen LogP) is 3.03. The van der Waals surface area contributed by atoms with Gasteiger partial charge in [0.05, 0.1) is 45.6 Å². The van der Waals surface area contributed by atoms with Gasteiger partial charge in [0.15, 0.2) is 23.0 Å². The number of benzene rings is 2. The van der Waals surface area contributed by atoms with E-state index in [-0.39, 0.29) is 35.4 Å². The molecule has 3 aromatic rings. The van der Waals surface area contributed by atoms with Gasteiger partial charge in [-0.05, 0) is 36.8 Å². The van der Waals surface area contributed by atoms with Crippen molar-refractivity contribution in [3.8, 4) is 52.0 Å². The number of methoxy groups -OCH3 is 4. The third-order valence-corrected chi connectivity index (χ3v) is 5.43. The van der Waals surface area contributed by atoms with Crippen molar-refractivity contribution in [1.82, 2.24) is 10.2 Å². The van der Waals surface area contributed by atoms with E-state index in [0.29, 0.717) is 39.6 Å². The molecular formula is C25H28N4O7. The molecule has 0 saturated heterocycles. The van der Waals surface area contributed by atoms with E-state index >= 15 is 0 Å². The van der Waals surface area contributed by atoms with Gasteiger partial charge < -0.3 is 39.6 Å². The highest BCUT2D eigenvalue weighted by atomic mass is 16.5. The van der Waals surface area contributed by atoms with Crippen molar-refractivity contribution in [1.29, 1.82) is 5.26 Å². The van der Waals surface area contributed by atoms with Gasteiger partial charge in [0.25, 0.3) is 0 Å². The third-order valence-electron chi connectivity index (χ3n) is 5.43. The lowest BCUT2D eigenvalue weighted by molar-refractivity contribution is 0.318. The smallest absolute Gasteiger partial charge is 0.244 e. The van der Waals surface area contributed by atoms with Gasteiger partial charge in [-0.1, -0.05) is 6.07 Å². The summed E-state index contributed by atoms with van der Waals surface area (Å²) < 4.78 is 27.3. The number of aromatic nitrogens is 2. The topological polar surface area (TPSA) is 165 Å². The lowest BCUT2D eigenvalue weighted by atomic mass is 9.83. The number of aromatic hydroxyl groups is 1. The van der Waals surface area contributed by atoms with Crippen molar-refractivity contribution >= 4 is 0 Å². The fourth-order valence-electron chi connectivity index (χ4n) is 3.90. The summed E-state index contributed by atoms with van der Waals surface area (Å²) in [5.74, 6) is 1.11. The van der Waals surface area contributed by atoms with Crippen LogP contribution in [0, 0.1) is 11.3 Å². The Hall–Kier alpha value is -4.56. The van der Waals surface area contributed by atoms with E-state index in [4.69, 9.17) is 34.5 Å². The molecule has 1 aromatic heterocycles. The highest BCUT2D eigenvalue weighted by Gasteiger charge is 2.36. The van der Waals surface area contributed by atoms with Gasteiger partial charge in [-0.3, -0.25) is 5.10 Å². The molecule has 0 spiro atoms. The van der Waals surface area contributed by atoms with E-state index in [2.05, 4.69) is 16.3 Å². The number of aliphatic hydroxyl groups is 1. The quantitative estimate of drug-likeness (QED) is 0.398. The molecule has 2 aromatic carbocycles. The second-order valence-electron chi connectivity index (χ2n) is 7.40. The van der Waals surface area contributed by atoms with Crippen LogP contribution in [-0.4, -0.2) is 55.5 Å². The highest BCUT2D eigenvalue weighted by molar-refractivity contribution is 5.75. The lowest BCUT2D eigenvalue weighted by Crippen LogP contribution is -2.21. The summed E-state index contributed by atoms with van der Waals surface area (Å²) in [7, 11) is 6.01. The lowest BCUT2D eigenvalue weighted by Gasteiger charge is -2.24. The van der Waals surface area contributed by atoms with Crippen LogP contribution < -0.4 is 29.4 Å². The van der Waals surface area contributed by atoms with E-state index in [0.717, 1.165) is 0 Å². The number of aromatic amines is 1. The Labute approximate surface area is 208 Å². The fraction of sp³-hybridized carbons (Fsp3) is 0.280. The number of nitrogens with two attached hydrogens (primary N) is 1. The minimum Gasteiger partial charge on any atom is -0.504 e. The number of hydrogen-bond acceptors (Lipinski definition) is 10. The molecule has 5 N–H and O–H groups in total. The van der Waals surface area contributed by atoms with Gasteiger partial charge in [-0.25, -0.2) is 0 Å².